The van der Waals surface area contributed by atoms with Crippen LogP contribution in [0.1, 0.15) is 29.3 Å². The van der Waals surface area contributed by atoms with Gasteiger partial charge in [0.1, 0.15) is 5.75 Å². The normalized spacial score (nSPS) is 11.6. The van der Waals surface area contributed by atoms with Crippen LogP contribution in [-0.2, 0) is 6.18 Å². The Bertz CT molecular complexity index is 929. The Balaban J connectivity index is 1.59. The lowest BCUT2D eigenvalue weighted by Gasteiger charge is -2.13. The van der Waals surface area contributed by atoms with E-state index in [4.69, 9.17) is 13.9 Å². The molecule has 0 saturated carbocycles. The highest BCUT2D eigenvalue weighted by Gasteiger charge is 2.38. The molecule has 0 fully saturated rings. The average Bonchev–Trinajstić information content (AvgIpc) is 3.25. The zero-order chi connectivity index (χ0) is 20.3. The van der Waals surface area contributed by atoms with E-state index in [0.717, 1.165) is 11.1 Å². The molecule has 0 aliphatic heterocycles. The van der Waals surface area contributed by atoms with E-state index in [0.29, 0.717) is 36.8 Å². The molecule has 3 aromatic rings. The summed E-state index contributed by atoms with van der Waals surface area (Å²) in [6.45, 7) is 5.94. The second kappa shape index (κ2) is 7.87. The lowest BCUT2D eigenvalue weighted by Crippen LogP contribution is -2.07. The molecule has 0 aliphatic carbocycles. The summed E-state index contributed by atoms with van der Waals surface area (Å²) in [4.78, 5) is 3.40. The first kappa shape index (κ1) is 19.6. The van der Waals surface area contributed by atoms with Gasteiger partial charge in [-0.15, -0.1) is 5.10 Å². The van der Waals surface area contributed by atoms with Crippen molar-refractivity contribution in [3.63, 3.8) is 0 Å². The molecule has 0 unspecified atom stereocenters. The largest absolute Gasteiger partial charge is 0.493 e. The van der Waals surface area contributed by atoms with Crippen LogP contribution in [0.5, 0.6) is 11.8 Å². The van der Waals surface area contributed by atoms with Gasteiger partial charge in [0.2, 0.25) is 11.7 Å². The average molecular weight is 398 g/mol. The van der Waals surface area contributed by atoms with Crippen molar-refractivity contribution in [2.75, 3.05) is 13.2 Å². The van der Waals surface area contributed by atoms with Crippen molar-refractivity contribution in [3.8, 4) is 23.2 Å². The van der Waals surface area contributed by atoms with Crippen LogP contribution < -0.4 is 9.47 Å². The number of nitrogens with zero attached hydrogens (tertiary/aromatic N) is 4. The van der Waals surface area contributed by atoms with E-state index in [-0.39, 0.29) is 11.9 Å². The number of benzene rings is 1. The number of ether oxygens (including phenoxy) is 2. The van der Waals surface area contributed by atoms with Gasteiger partial charge in [0.25, 0.3) is 0 Å². The maximum atomic E-state index is 12.6. The van der Waals surface area contributed by atoms with Crippen molar-refractivity contribution in [2.24, 2.45) is 0 Å². The summed E-state index contributed by atoms with van der Waals surface area (Å²) < 4.78 is 58.3. The molecule has 0 N–H and O–H groups in total. The number of aryl methyl sites for hydroxylation is 3. The summed E-state index contributed by atoms with van der Waals surface area (Å²) in [5, 5.41) is 10.8. The van der Waals surface area contributed by atoms with Crippen LogP contribution in [-0.4, -0.2) is 33.6 Å². The van der Waals surface area contributed by atoms with Crippen molar-refractivity contribution in [2.45, 2.75) is 33.4 Å². The quantitative estimate of drug-likeness (QED) is 0.553. The van der Waals surface area contributed by atoms with Crippen LogP contribution in [0.4, 0.5) is 13.2 Å². The maximum absolute atomic E-state index is 12.6. The van der Waals surface area contributed by atoms with Gasteiger partial charge in [-0.3, -0.25) is 0 Å². The Morgan fingerprint density at radius 3 is 2.25 bits per heavy atom. The van der Waals surface area contributed by atoms with Gasteiger partial charge in [0.05, 0.1) is 13.2 Å². The van der Waals surface area contributed by atoms with Gasteiger partial charge >= 0.3 is 18.1 Å². The van der Waals surface area contributed by atoms with Gasteiger partial charge in [-0.2, -0.15) is 18.2 Å². The van der Waals surface area contributed by atoms with E-state index in [9.17, 15) is 13.2 Å². The molecule has 11 heteroatoms. The summed E-state index contributed by atoms with van der Waals surface area (Å²) in [6, 6.07) is 3.29. The lowest BCUT2D eigenvalue weighted by atomic mass is 10.1. The van der Waals surface area contributed by atoms with Crippen molar-refractivity contribution < 1.29 is 31.6 Å². The Morgan fingerprint density at radius 2 is 1.68 bits per heavy atom. The Kier molecular flexibility index (Phi) is 5.52. The van der Waals surface area contributed by atoms with Gasteiger partial charge in [-0.05, 0) is 37.1 Å². The van der Waals surface area contributed by atoms with Gasteiger partial charge in [-0.25, -0.2) is 0 Å². The summed E-state index contributed by atoms with van der Waals surface area (Å²) in [5.74, 6) is -0.457. The lowest BCUT2D eigenvalue weighted by molar-refractivity contribution is -0.159. The molecule has 0 amide bonds. The molecule has 0 spiro atoms. The van der Waals surface area contributed by atoms with E-state index >= 15 is 0 Å². The number of hydrogen-bond acceptors (Lipinski definition) is 8. The molecule has 8 nitrogen and oxygen atoms in total. The fourth-order valence-electron chi connectivity index (χ4n) is 2.49. The van der Waals surface area contributed by atoms with E-state index in [1.165, 1.54) is 0 Å². The van der Waals surface area contributed by atoms with E-state index in [1.807, 2.05) is 0 Å². The van der Waals surface area contributed by atoms with Gasteiger partial charge in [-0.1, -0.05) is 10.3 Å². The monoisotopic (exact) mass is 398 g/mol. The Labute approximate surface area is 157 Å². The Morgan fingerprint density at radius 1 is 1.00 bits per heavy atom. The molecule has 0 atom stereocenters. The smallest absolute Gasteiger partial charge is 0.471 e. The van der Waals surface area contributed by atoms with E-state index < -0.39 is 12.1 Å². The number of rotatable bonds is 7. The van der Waals surface area contributed by atoms with Crippen molar-refractivity contribution in [1.82, 2.24) is 20.3 Å². The molecule has 3 rings (SSSR count). The van der Waals surface area contributed by atoms with Crippen LogP contribution in [0.2, 0.25) is 0 Å². The van der Waals surface area contributed by atoms with Gasteiger partial charge in [0, 0.05) is 18.9 Å². The second-order valence-electron chi connectivity index (χ2n) is 6.00. The summed E-state index contributed by atoms with van der Waals surface area (Å²) in [6.07, 6.45) is -4.00. The highest BCUT2D eigenvalue weighted by molar-refractivity contribution is 5.61. The van der Waals surface area contributed by atoms with Crippen LogP contribution in [0.3, 0.4) is 0 Å². The molecule has 0 bridgehead atoms. The maximum Gasteiger partial charge on any atom is 0.471 e. The molecule has 0 radical (unpaired) electrons. The zero-order valence-electron chi connectivity index (χ0n) is 15.3. The first-order chi connectivity index (χ1) is 13.2. The van der Waals surface area contributed by atoms with Crippen molar-refractivity contribution >= 4 is 0 Å². The number of aromatic nitrogens is 4. The SMILES string of the molecule is Cc1nnc(OCCCOc2c(C)cc(-c3noc(C(F)(F)F)n3)cc2C)o1. The van der Waals surface area contributed by atoms with Crippen LogP contribution >= 0.6 is 0 Å². The minimum Gasteiger partial charge on any atom is -0.493 e. The first-order valence-corrected chi connectivity index (χ1v) is 8.32. The fourth-order valence-corrected chi connectivity index (χ4v) is 2.49. The number of hydrogen-bond donors (Lipinski definition) is 0. The molecule has 150 valence electrons. The Hall–Kier alpha value is -3.11. The van der Waals surface area contributed by atoms with Gasteiger partial charge in [0.15, 0.2) is 0 Å². The highest BCUT2D eigenvalue weighted by Crippen LogP contribution is 2.32. The van der Waals surface area contributed by atoms with E-state index in [1.54, 1.807) is 32.9 Å². The molecule has 1 aromatic carbocycles. The molecule has 0 saturated heterocycles. The molecule has 0 aliphatic rings. The van der Waals surface area contributed by atoms with Gasteiger partial charge < -0.3 is 18.4 Å². The van der Waals surface area contributed by atoms with Crippen LogP contribution in [0.25, 0.3) is 11.4 Å². The highest BCUT2D eigenvalue weighted by atomic mass is 19.4. The molecular formula is C17H17F3N4O4. The fraction of sp³-hybridized carbons (Fsp3) is 0.412. The molecule has 2 aromatic heterocycles. The second-order valence-corrected chi connectivity index (χ2v) is 6.00. The van der Waals surface area contributed by atoms with Crippen LogP contribution in [0.15, 0.2) is 21.1 Å². The van der Waals surface area contributed by atoms with E-state index in [2.05, 4.69) is 24.9 Å². The minimum absolute atomic E-state index is 0.104. The summed E-state index contributed by atoms with van der Waals surface area (Å²) in [7, 11) is 0. The third-order valence-corrected chi connectivity index (χ3v) is 3.66. The topological polar surface area (TPSA) is 96.3 Å². The third-order valence-electron chi connectivity index (χ3n) is 3.66. The number of alkyl halides is 3. The predicted molar refractivity (Wildman–Crippen MR) is 88.9 cm³/mol. The number of halogens is 3. The van der Waals surface area contributed by atoms with Crippen molar-refractivity contribution in [3.05, 3.63) is 35.0 Å². The zero-order valence-corrected chi connectivity index (χ0v) is 15.3. The molecular weight excluding hydrogens is 381 g/mol. The van der Waals surface area contributed by atoms with Crippen molar-refractivity contribution in [1.29, 1.82) is 0 Å². The first-order valence-electron chi connectivity index (χ1n) is 8.32. The van der Waals surface area contributed by atoms with Crippen LogP contribution in [0, 0.1) is 20.8 Å². The summed E-state index contributed by atoms with van der Waals surface area (Å²) in [5.41, 5.74) is 1.89. The minimum atomic E-state index is -4.68. The standard InChI is InChI=1S/C17H17F3N4O4/c1-9-7-12(14-21-15(28-24-14)17(18,19)20)8-10(2)13(9)25-5-4-6-26-16-23-22-11(3)27-16/h7-8H,4-6H2,1-3H3. The molecule has 2 heterocycles. The predicted octanol–water partition coefficient (Wildman–Crippen LogP) is 3.91. The molecule has 28 heavy (non-hydrogen) atoms. The summed E-state index contributed by atoms with van der Waals surface area (Å²) >= 11 is 0. The third kappa shape index (κ3) is 4.59.